The van der Waals surface area contributed by atoms with Gasteiger partial charge in [-0.1, -0.05) is 42.9 Å². The molecule has 0 bridgehead atoms. The van der Waals surface area contributed by atoms with E-state index < -0.39 is 22.9 Å². The van der Waals surface area contributed by atoms with Crippen molar-refractivity contribution in [2.75, 3.05) is 0 Å². The molecule has 7 nitrogen and oxygen atoms in total. The van der Waals surface area contributed by atoms with Gasteiger partial charge in [0.25, 0.3) is 5.70 Å². The first-order valence-electron chi connectivity index (χ1n) is 9.29. The molecule has 5 N–H and O–H groups in total. The molecule has 0 amide bonds. The van der Waals surface area contributed by atoms with E-state index >= 15 is 0 Å². The van der Waals surface area contributed by atoms with E-state index in [1.165, 1.54) is 38.2 Å². The van der Waals surface area contributed by atoms with Crippen molar-refractivity contribution >= 4 is 5.84 Å². The SMILES string of the molecule is C/C=C\C=C1CCCCC1.C=CC(N=C(N)C(=C)/C(=C\C=C\F)[N+](=O)[O-])C(N)O. The van der Waals surface area contributed by atoms with Gasteiger partial charge in [-0.05, 0) is 38.7 Å². The second kappa shape index (κ2) is 15.1. The summed E-state index contributed by atoms with van der Waals surface area (Å²) in [5.74, 6) is -0.301. The Labute approximate surface area is 171 Å². The molecule has 1 fully saturated rings. The molecule has 0 aromatic rings. The van der Waals surface area contributed by atoms with Gasteiger partial charge < -0.3 is 16.6 Å². The van der Waals surface area contributed by atoms with Gasteiger partial charge in [0.2, 0.25) is 0 Å². The van der Waals surface area contributed by atoms with Crippen LogP contribution in [0.3, 0.4) is 0 Å². The van der Waals surface area contributed by atoms with Gasteiger partial charge in [0.1, 0.15) is 18.1 Å². The molecule has 1 aliphatic rings. The van der Waals surface area contributed by atoms with Gasteiger partial charge in [0, 0.05) is 6.08 Å². The zero-order chi connectivity index (χ0) is 22.2. The van der Waals surface area contributed by atoms with E-state index in [9.17, 15) is 14.5 Å². The molecule has 8 heteroatoms. The first kappa shape index (κ1) is 26.2. The highest BCUT2D eigenvalue weighted by atomic mass is 19.1. The smallest absolute Gasteiger partial charge is 0.279 e. The van der Waals surface area contributed by atoms with Crippen molar-refractivity contribution < 1.29 is 14.4 Å². The third-order valence-corrected chi connectivity index (χ3v) is 4.04. The monoisotopic (exact) mass is 406 g/mol. The van der Waals surface area contributed by atoms with Gasteiger partial charge in [-0.15, -0.1) is 6.58 Å². The molecule has 0 aliphatic heterocycles. The van der Waals surface area contributed by atoms with Crippen molar-refractivity contribution in [2.24, 2.45) is 16.5 Å². The summed E-state index contributed by atoms with van der Waals surface area (Å²) in [5.41, 5.74) is 11.6. The zero-order valence-electron chi connectivity index (χ0n) is 16.8. The number of aliphatic hydroxyl groups excluding tert-OH is 1. The van der Waals surface area contributed by atoms with Gasteiger partial charge in [-0.2, -0.15) is 0 Å². The van der Waals surface area contributed by atoms with Crippen LogP contribution >= 0.6 is 0 Å². The normalized spacial score (nSPS) is 17.4. The number of hydrogen-bond donors (Lipinski definition) is 3. The van der Waals surface area contributed by atoms with E-state index in [2.05, 4.69) is 43.3 Å². The van der Waals surface area contributed by atoms with E-state index in [1.807, 2.05) is 0 Å². The van der Waals surface area contributed by atoms with Crippen LogP contribution in [0, 0.1) is 10.1 Å². The van der Waals surface area contributed by atoms with Crippen LogP contribution in [0.4, 0.5) is 4.39 Å². The van der Waals surface area contributed by atoms with Crippen molar-refractivity contribution in [1.82, 2.24) is 0 Å². The number of hydrogen-bond acceptors (Lipinski definition) is 5. The number of aliphatic hydroxyl groups is 1. The van der Waals surface area contributed by atoms with E-state index in [0.717, 1.165) is 12.2 Å². The second-order valence-corrected chi connectivity index (χ2v) is 6.25. The largest absolute Gasteiger partial charge is 0.383 e. The van der Waals surface area contributed by atoms with Gasteiger partial charge in [0.05, 0.1) is 16.8 Å². The maximum absolute atomic E-state index is 11.9. The van der Waals surface area contributed by atoms with Gasteiger partial charge in [-0.3, -0.25) is 15.1 Å². The lowest BCUT2D eigenvalue weighted by atomic mass is 9.95. The molecule has 0 saturated heterocycles. The van der Waals surface area contributed by atoms with Crippen LogP contribution in [0.2, 0.25) is 0 Å². The molecule has 29 heavy (non-hydrogen) atoms. The highest BCUT2D eigenvalue weighted by molar-refractivity contribution is 6.00. The van der Waals surface area contributed by atoms with Gasteiger partial charge in [-0.25, -0.2) is 4.39 Å². The standard InChI is InChI=1S/C11H15FN4O3.C10H16/c1-3-8(11(14)17)15-10(13)7(2)9(16(18)19)5-4-6-12;1-2-3-7-10-8-5-4-6-9-10/h3-6,8,11,17H,1-2,14H2,(H2,13,15);2-3,7H,4-6,8-9H2,1H3/b6-4+,9-5+;3-2-. The molecule has 1 rings (SSSR count). The molecule has 0 aromatic heterocycles. The molecular formula is C21H31FN4O3. The number of nitrogens with two attached hydrogens (primary N) is 2. The number of nitro groups is 1. The maximum atomic E-state index is 11.9. The number of halogens is 1. The van der Waals surface area contributed by atoms with E-state index in [1.54, 1.807) is 5.57 Å². The highest BCUT2D eigenvalue weighted by Gasteiger charge is 2.19. The fourth-order valence-electron chi connectivity index (χ4n) is 2.44. The fourth-order valence-corrected chi connectivity index (χ4v) is 2.44. The minimum atomic E-state index is -1.35. The third-order valence-electron chi connectivity index (χ3n) is 4.04. The number of aliphatic imine (C=N–C) groups is 1. The molecule has 1 saturated carbocycles. The van der Waals surface area contributed by atoms with Crippen LogP contribution in [-0.4, -0.2) is 28.1 Å². The molecule has 0 radical (unpaired) electrons. The molecule has 1 aliphatic carbocycles. The van der Waals surface area contributed by atoms with Crippen LogP contribution in [0.15, 0.2) is 77.8 Å². The van der Waals surface area contributed by atoms with Crippen molar-refractivity contribution in [1.29, 1.82) is 0 Å². The second-order valence-electron chi connectivity index (χ2n) is 6.25. The molecule has 160 valence electrons. The molecule has 2 unspecified atom stereocenters. The Morgan fingerprint density at radius 3 is 2.41 bits per heavy atom. The Bertz CT molecular complexity index is 699. The highest BCUT2D eigenvalue weighted by Crippen LogP contribution is 2.22. The Morgan fingerprint density at radius 1 is 1.34 bits per heavy atom. The summed E-state index contributed by atoms with van der Waals surface area (Å²) in [6.07, 6.45) is 15.2. The minimum absolute atomic E-state index is 0.125. The summed E-state index contributed by atoms with van der Waals surface area (Å²) in [4.78, 5) is 13.7. The topological polar surface area (TPSA) is 128 Å². The average molecular weight is 407 g/mol. The lowest BCUT2D eigenvalue weighted by Crippen LogP contribution is -2.33. The average Bonchev–Trinajstić information content (AvgIpc) is 2.71. The van der Waals surface area contributed by atoms with Crippen molar-refractivity contribution in [2.45, 2.75) is 51.3 Å². The van der Waals surface area contributed by atoms with Crippen molar-refractivity contribution in [3.8, 4) is 0 Å². The van der Waals surface area contributed by atoms with Crippen molar-refractivity contribution in [3.63, 3.8) is 0 Å². The predicted molar refractivity (Wildman–Crippen MR) is 116 cm³/mol. The zero-order valence-corrected chi connectivity index (χ0v) is 16.8. The lowest BCUT2D eigenvalue weighted by molar-refractivity contribution is -0.419. The Kier molecular flexibility index (Phi) is 13.6. The lowest BCUT2D eigenvalue weighted by Gasteiger charge is -2.12. The van der Waals surface area contributed by atoms with Crippen LogP contribution in [0.1, 0.15) is 39.0 Å². The number of rotatable bonds is 8. The van der Waals surface area contributed by atoms with Gasteiger partial charge in [0.15, 0.2) is 0 Å². The maximum Gasteiger partial charge on any atom is 0.279 e. The molecule has 0 heterocycles. The summed E-state index contributed by atoms with van der Waals surface area (Å²) in [6.45, 7) is 8.85. The summed E-state index contributed by atoms with van der Waals surface area (Å²) in [6, 6.07) is -0.929. The number of allylic oxidation sites excluding steroid dienone is 6. The molecule has 0 spiro atoms. The van der Waals surface area contributed by atoms with E-state index in [4.69, 9.17) is 16.6 Å². The first-order chi connectivity index (χ1) is 13.8. The Hall–Kier alpha value is -2.84. The summed E-state index contributed by atoms with van der Waals surface area (Å²) >= 11 is 0. The summed E-state index contributed by atoms with van der Waals surface area (Å²) < 4.78 is 11.9. The third kappa shape index (κ3) is 10.9. The van der Waals surface area contributed by atoms with Crippen LogP contribution in [0.5, 0.6) is 0 Å². The molecular weight excluding hydrogens is 375 g/mol. The number of amidine groups is 1. The molecule has 2 atom stereocenters. The quantitative estimate of drug-likeness (QED) is 0.107. The summed E-state index contributed by atoms with van der Waals surface area (Å²) in [7, 11) is 0. The van der Waals surface area contributed by atoms with Crippen LogP contribution in [0.25, 0.3) is 0 Å². The predicted octanol–water partition coefficient (Wildman–Crippen LogP) is 3.83. The van der Waals surface area contributed by atoms with E-state index in [0.29, 0.717) is 0 Å². The Balaban J connectivity index is 0.000000651. The fraction of sp³-hybridized carbons (Fsp3) is 0.381. The first-order valence-corrected chi connectivity index (χ1v) is 9.29. The van der Waals surface area contributed by atoms with Crippen molar-refractivity contribution in [3.05, 3.63) is 82.9 Å². The Morgan fingerprint density at radius 2 is 1.97 bits per heavy atom. The summed E-state index contributed by atoms with van der Waals surface area (Å²) in [5, 5.41) is 19.9. The van der Waals surface area contributed by atoms with Crippen LogP contribution < -0.4 is 11.5 Å². The van der Waals surface area contributed by atoms with Crippen LogP contribution in [-0.2, 0) is 0 Å². The minimum Gasteiger partial charge on any atom is -0.383 e. The number of nitrogens with zero attached hydrogens (tertiary/aromatic N) is 2. The van der Waals surface area contributed by atoms with Gasteiger partial charge >= 0.3 is 0 Å². The molecule has 0 aromatic carbocycles. The van der Waals surface area contributed by atoms with E-state index in [-0.39, 0.29) is 17.7 Å².